The van der Waals surface area contributed by atoms with Gasteiger partial charge in [0.2, 0.25) is 10.0 Å². The zero-order valence-corrected chi connectivity index (χ0v) is 14.3. The minimum Gasteiger partial charge on any atom is -0.482 e. The van der Waals surface area contributed by atoms with Crippen molar-refractivity contribution in [3.8, 4) is 5.75 Å². The number of amides is 2. The summed E-state index contributed by atoms with van der Waals surface area (Å²) < 4.78 is 44.9. The molecular weight excluding hydrogens is 365 g/mol. The molecule has 10 heteroatoms. The summed E-state index contributed by atoms with van der Waals surface area (Å²) in [5.41, 5.74) is 0.214. The molecule has 0 saturated carbocycles. The summed E-state index contributed by atoms with van der Waals surface area (Å²) in [4.78, 5) is 23.5. The van der Waals surface area contributed by atoms with E-state index < -0.39 is 27.3 Å². The number of hydrogen-bond acceptors (Lipinski definition) is 5. The van der Waals surface area contributed by atoms with Gasteiger partial charge in [0, 0.05) is 5.69 Å². The van der Waals surface area contributed by atoms with Crippen molar-refractivity contribution in [3.63, 3.8) is 0 Å². The van der Waals surface area contributed by atoms with Gasteiger partial charge < -0.3 is 15.4 Å². The zero-order chi connectivity index (χ0) is 18.9. The van der Waals surface area contributed by atoms with Gasteiger partial charge in [0.25, 0.3) is 11.8 Å². The second kappa shape index (κ2) is 6.73. The number of anilines is 2. The summed E-state index contributed by atoms with van der Waals surface area (Å²) >= 11 is 0. The second-order valence-electron chi connectivity index (χ2n) is 5.35. The first-order valence-electron chi connectivity index (χ1n) is 7.41. The fraction of sp³-hybridized carbons (Fsp3) is 0.125. The van der Waals surface area contributed by atoms with Gasteiger partial charge in [-0.15, -0.1) is 0 Å². The fourth-order valence-electron chi connectivity index (χ4n) is 2.32. The highest BCUT2D eigenvalue weighted by Gasteiger charge is 2.20. The molecule has 2 aromatic rings. The van der Waals surface area contributed by atoms with E-state index in [4.69, 9.17) is 4.74 Å². The Balaban J connectivity index is 1.88. The maximum atomic E-state index is 14.0. The van der Waals surface area contributed by atoms with E-state index in [1.807, 2.05) is 0 Å². The van der Waals surface area contributed by atoms with Gasteiger partial charge in [-0.1, -0.05) is 0 Å². The molecule has 8 nitrogen and oxygen atoms in total. The van der Waals surface area contributed by atoms with Crippen LogP contribution in [0.15, 0.2) is 41.3 Å². The lowest BCUT2D eigenvalue weighted by Gasteiger charge is -2.18. The van der Waals surface area contributed by atoms with Gasteiger partial charge in [0.15, 0.2) is 6.61 Å². The van der Waals surface area contributed by atoms with Crippen LogP contribution < -0.4 is 20.1 Å². The van der Waals surface area contributed by atoms with Gasteiger partial charge in [-0.25, -0.2) is 17.5 Å². The van der Waals surface area contributed by atoms with Crippen molar-refractivity contribution in [2.75, 3.05) is 24.3 Å². The van der Waals surface area contributed by atoms with Crippen LogP contribution in [0.25, 0.3) is 0 Å². The number of ether oxygens (including phenoxy) is 1. The second-order valence-corrected chi connectivity index (χ2v) is 7.24. The van der Waals surface area contributed by atoms with E-state index in [1.165, 1.54) is 19.2 Å². The van der Waals surface area contributed by atoms with Crippen molar-refractivity contribution in [2.24, 2.45) is 0 Å². The van der Waals surface area contributed by atoms with E-state index in [-0.39, 0.29) is 23.1 Å². The van der Waals surface area contributed by atoms with Crippen molar-refractivity contribution in [3.05, 3.63) is 47.8 Å². The highest BCUT2D eigenvalue weighted by molar-refractivity contribution is 7.89. The molecule has 0 radical (unpaired) electrons. The topological polar surface area (TPSA) is 114 Å². The molecule has 0 aliphatic carbocycles. The van der Waals surface area contributed by atoms with Gasteiger partial charge >= 0.3 is 0 Å². The van der Waals surface area contributed by atoms with Crippen LogP contribution in [-0.4, -0.2) is 33.9 Å². The molecule has 3 N–H and O–H groups in total. The minimum atomic E-state index is -3.82. The number of halogens is 1. The number of carbonyl (C=O) groups is 2. The molecule has 0 aromatic heterocycles. The van der Waals surface area contributed by atoms with Crippen molar-refractivity contribution < 1.29 is 27.1 Å². The first-order chi connectivity index (χ1) is 12.3. The number of sulfonamides is 1. The van der Waals surface area contributed by atoms with Gasteiger partial charge in [0.1, 0.15) is 11.6 Å². The average Bonchev–Trinajstić information content (AvgIpc) is 2.61. The minimum absolute atomic E-state index is 0.101. The van der Waals surface area contributed by atoms with Gasteiger partial charge in [0.05, 0.1) is 16.1 Å². The molecule has 0 bridgehead atoms. The normalized spacial score (nSPS) is 13.4. The fourth-order valence-corrected chi connectivity index (χ4v) is 3.08. The summed E-state index contributed by atoms with van der Waals surface area (Å²) in [6.45, 7) is -0.101. The Hall–Kier alpha value is -2.98. The Morgan fingerprint density at radius 2 is 2.00 bits per heavy atom. The van der Waals surface area contributed by atoms with Gasteiger partial charge in [-0.2, -0.15) is 0 Å². The lowest BCUT2D eigenvalue weighted by atomic mass is 10.2. The third-order valence-electron chi connectivity index (χ3n) is 3.63. The Kier molecular flexibility index (Phi) is 4.62. The summed E-state index contributed by atoms with van der Waals surface area (Å²) in [5.74, 6) is -1.60. The van der Waals surface area contributed by atoms with Gasteiger partial charge in [-0.3, -0.25) is 9.59 Å². The molecule has 0 saturated heterocycles. The first-order valence-corrected chi connectivity index (χ1v) is 8.89. The van der Waals surface area contributed by atoms with Crippen molar-refractivity contribution >= 4 is 33.2 Å². The number of benzene rings is 2. The summed E-state index contributed by atoms with van der Waals surface area (Å²) in [5, 5.41) is 5.04. The summed E-state index contributed by atoms with van der Waals surface area (Å²) in [7, 11) is -2.61. The van der Waals surface area contributed by atoms with E-state index in [9.17, 15) is 22.4 Å². The van der Waals surface area contributed by atoms with Crippen LogP contribution >= 0.6 is 0 Å². The molecule has 2 amide bonds. The number of nitrogens with one attached hydrogen (secondary N) is 3. The lowest BCUT2D eigenvalue weighted by molar-refractivity contribution is -0.118. The van der Waals surface area contributed by atoms with E-state index in [0.29, 0.717) is 11.4 Å². The third-order valence-corrected chi connectivity index (χ3v) is 5.04. The van der Waals surface area contributed by atoms with Crippen LogP contribution in [0.4, 0.5) is 15.8 Å². The highest BCUT2D eigenvalue weighted by Crippen LogP contribution is 2.30. The molecule has 136 valence electrons. The molecule has 1 aliphatic rings. The van der Waals surface area contributed by atoms with E-state index in [0.717, 1.165) is 18.2 Å². The molecule has 2 aromatic carbocycles. The molecule has 0 atom stereocenters. The zero-order valence-electron chi connectivity index (χ0n) is 13.5. The number of fused-ring (bicyclic) bond motifs is 1. The quantitative estimate of drug-likeness (QED) is 0.741. The molecule has 1 heterocycles. The predicted molar refractivity (Wildman–Crippen MR) is 91.2 cm³/mol. The van der Waals surface area contributed by atoms with E-state index in [1.54, 1.807) is 6.07 Å². The number of carbonyl (C=O) groups excluding carboxylic acids is 2. The molecular formula is C16H14FN3O5S. The molecule has 0 fully saturated rings. The maximum Gasteiger partial charge on any atom is 0.262 e. The Morgan fingerprint density at radius 1 is 1.23 bits per heavy atom. The largest absolute Gasteiger partial charge is 0.482 e. The van der Waals surface area contributed by atoms with Crippen LogP contribution in [0.1, 0.15) is 10.4 Å². The maximum absolute atomic E-state index is 14.0. The molecule has 26 heavy (non-hydrogen) atoms. The average molecular weight is 379 g/mol. The smallest absolute Gasteiger partial charge is 0.262 e. The third kappa shape index (κ3) is 3.51. The monoisotopic (exact) mass is 379 g/mol. The van der Waals surface area contributed by atoms with Crippen LogP contribution in [0.5, 0.6) is 5.75 Å². The molecule has 1 aliphatic heterocycles. The van der Waals surface area contributed by atoms with Crippen LogP contribution in [0, 0.1) is 5.82 Å². The number of rotatable bonds is 4. The van der Waals surface area contributed by atoms with Crippen molar-refractivity contribution in [1.29, 1.82) is 0 Å². The van der Waals surface area contributed by atoms with Crippen LogP contribution in [0.3, 0.4) is 0 Å². The van der Waals surface area contributed by atoms with Crippen LogP contribution in [0.2, 0.25) is 0 Å². The summed E-state index contributed by atoms with van der Waals surface area (Å²) in [6, 6.07) is 7.42. The molecule has 0 unspecified atom stereocenters. The van der Waals surface area contributed by atoms with E-state index >= 15 is 0 Å². The standard InChI is InChI=1S/C16H14FN3O5S/c1-18-26(23,24)10-3-4-12(17)11(7-10)16(22)19-9-2-5-14-13(6-9)20-15(21)8-25-14/h2-7,18H,8H2,1H3,(H,19,22)(H,20,21). The Bertz CT molecular complexity index is 1010. The Morgan fingerprint density at radius 3 is 2.73 bits per heavy atom. The van der Waals surface area contributed by atoms with E-state index in [2.05, 4.69) is 15.4 Å². The molecule has 0 spiro atoms. The lowest BCUT2D eigenvalue weighted by Crippen LogP contribution is -2.25. The van der Waals surface area contributed by atoms with Crippen molar-refractivity contribution in [1.82, 2.24) is 4.72 Å². The predicted octanol–water partition coefficient (Wildman–Crippen LogP) is 1.32. The Labute approximate surface area is 148 Å². The number of hydrogen-bond donors (Lipinski definition) is 3. The van der Waals surface area contributed by atoms with Crippen LogP contribution in [-0.2, 0) is 14.8 Å². The van der Waals surface area contributed by atoms with Gasteiger partial charge in [-0.05, 0) is 43.4 Å². The summed E-state index contributed by atoms with van der Waals surface area (Å²) in [6.07, 6.45) is 0. The molecule has 3 rings (SSSR count). The SMILES string of the molecule is CNS(=O)(=O)c1ccc(F)c(C(=O)Nc2ccc3c(c2)NC(=O)CO3)c1. The highest BCUT2D eigenvalue weighted by atomic mass is 32.2. The first kappa shape index (κ1) is 17.8. The van der Waals surface area contributed by atoms with Crippen molar-refractivity contribution in [2.45, 2.75) is 4.90 Å².